The van der Waals surface area contributed by atoms with Crippen molar-refractivity contribution < 1.29 is 22.5 Å². The summed E-state index contributed by atoms with van der Waals surface area (Å²) in [4.78, 5) is 10.9. The lowest BCUT2D eigenvalue weighted by Gasteiger charge is -2.11. The fraction of sp³-hybridized carbons (Fsp3) is 0.300. The van der Waals surface area contributed by atoms with Gasteiger partial charge in [0.2, 0.25) is 0 Å². The van der Waals surface area contributed by atoms with Gasteiger partial charge in [0.1, 0.15) is 0 Å². The van der Waals surface area contributed by atoms with Crippen LogP contribution in [0.15, 0.2) is 21.9 Å². The summed E-state index contributed by atoms with van der Waals surface area (Å²) >= 11 is 0. The molecule has 0 saturated heterocycles. The van der Waals surface area contributed by atoms with E-state index in [1.54, 1.807) is 0 Å². The van der Waals surface area contributed by atoms with E-state index >= 15 is 0 Å². The van der Waals surface area contributed by atoms with Gasteiger partial charge in [-0.1, -0.05) is 0 Å². The molecule has 0 saturated carbocycles. The van der Waals surface area contributed by atoms with Crippen LogP contribution in [0, 0.1) is 6.92 Å². The van der Waals surface area contributed by atoms with Crippen LogP contribution in [0.4, 0.5) is 0 Å². The van der Waals surface area contributed by atoms with Crippen LogP contribution in [0.25, 0.3) is 0 Å². The van der Waals surface area contributed by atoms with Gasteiger partial charge in [-0.2, -0.15) is 0 Å². The van der Waals surface area contributed by atoms with Crippen molar-refractivity contribution in [2.45, 2.75) is 16.7 Å². The molecule has 0 bridgehead atoms. The lowest BCUT2D eigenvalue weighted by Crippen LogP contribution is -2.10. The Hall–Kier alpha value is -1.21. The molecule has 0 amide bonds. The van der Waals surface area contributed by atoms with Crippen LogP contribution >= 0.6 is 0 Å². The van der Waals surface area contributed by atoms with Gasteiger partial charge < -0.3 is 5.11 Å². The Morgan fingerprint density at radius 1 is 1.35 bits per heavy atom. The van der Waals surface area contributed by atoms with Crippen LogP contribution in [-0.2, 0) is 20.6 Å². The van der Waals surface area contributed by atoms with E-state index < -0.39 is 26.6 Å². The summed E-state index contributed by atoms with van der Waals surface area (Å²) in [6, 6.07) is 2.40. The van der Waals surface area contributed by atoms with E-state index in [0.29, 0.717) is 0 Å². The van der Waals surface area contributed by atoms with Crippen LogP contribution in [0.3, 0.4) is 0 Å². The Labute approximate surface area is 102 Å². The SMILES string of the molecule is Cc1c(C(=O)O)ccc(S(C)(=O)=O)c1S(C)=O. The van der Waals surface area contributed by atoms with Gasteiger partial charge in [-0.05, 0) is 24.6 Å². The zero-order chi connectivity index (χ0) is 13.4. The highest BCUT2D eigenvalue weighted by Gasteiger charge is 2.22. The molecular weight excluding hydrogens is 264 g/mol. The molecule has 0 aliphatic heterocycles. The zero-order valence-electron chi connectivity index (χ0n) is 9.55. The molecule has 1 N–H and O–H groups in total. The topological polar surface area (TPSA) is 88.5 Å². The van der Waals surface area contributed by atoms with Crippen LogP contribution in [0.5, 0.6) is 0 Å². The first-order valence-corrected chi connectivity index (χ1v) is 8.01. The van der Waals surface area contributed by atoms with E-state index in [1.807, 2.05) is 0 Å². The molecule has 0 aliphatic carbocycles. The standard InChI is InChI=1S/C10H12O5S2/c1-6-7(10(11)12)4-5-8(17(3,14)15)9(6)16(2)13/h4-5H,1-3H3,(H,11,12). The number of carboxylic acid groups (broad SMARTS) is 1. The lowest BCUT2D eigenvalue weighted by molar-refractivity contribution is 0.0695. The van der Waals surface area contributed by atoms with E-state index in [9.17, 15) is 17.4 Å². The molecule has 17 heavy (non-hydrogen) atoms. The van der Waals surface area contributed by atoms with Crippen molar-refractivity contribution in [1.29, 1.82) is 0 Å². The lowest BCUT2D eigenvalue weighted by atomic mass is 10.1. The minimum Gasteiger partial charge on any atom is -0.478 e. The highest BCUT2D eigenvalue weighted by Crippen LogP contribution is 2.25. The second kappa shape index (κ2) is 4.58. The molecule has 0 fully saturated rings. The van der Waals surface area contributed by atoms with E-state index in [1.165, 1.54) is 25.3 Å². The van der Waals surface area contributed by atoms with Crippen molar-refractivity contribution in [3.05, 3.63) is 23.3 Å². The molecule has 1 unspecified atom stereocenters. The molecule has 1 rings (SSSR count). The van der Waals surface area contributed by atoms with E-state index in [4.69, 9.17) is 5.11 Å². The van der Waals surface area contributed by atoms with Gasteiger partial charge in [0, 0.05) is 12.5 Å². The molecule has 5 nitrogen and oxygen atoms in total. The summed E-state index contributed by atoms with van der Waals surface area (Å²) in [7, 11) is -5.10. The van der Waals surface area contributed by atoms with Crippen molar-refractivity contribution in [3.63, 3.8) is 0 Å². The average Bonchev–Trinajstić information content (AvgIpc) is 2.14. The Balaban J connectivity index is 3.75. The van der Waals surface area contributed by atoms with Crippen LogP contribution in [0.2, 0.25) is 0 Å². The second-order valence-corrected chi connectivity index (χ2v) is 6.90. The normalized spacial score (nSPS) is 13.4. The summed E-state index contributed by atoms with van der Waals surface area (Å²) in [6.45, 7) is 1.45. The summed E-state index contributed by atoms with van der Waals surface area (Å²) in [5.41, 5.74) is 0.184. The van der Waals surface area contributed by atoms with Gasteiger partial charge in [-0.15, -0.1) is 0 Å². The Morgan fingerprint density at radius 3 is 2.24 bits per heavy atom. The molecule has 7 heteroatoms. The van der Waals surface area contributed by atoms with E-state index in [2.05, 4.69) is 0 Å². The number of sulfone groups is 1. The number of aromatic carboxylic acids is 1. The molecule has 94 valence electrons. The fourth-order valence-corrected chi connectivity index (χ4v) is 4.05. The van der Waals surface area contributed by atoms with Gasteiger partial charge in [0.15, 0.2) is 9.84 Å². The summed E-state index contributed by atoms with van der Waals surface area (Å²) in [6.07, 6.45) is 2.32. The molecule has 0 aliphatic rings. The maximum absolute atomic E-state index is 11.6. The monoisotopic (exact) mass is 276 g/mol. The Kier molecular flexibility index (Phi) is 3.73. The predicted octanol–water partition coefficient (Wildman–Crippen LogP) is 0.834. The zero-order valence-corrected chi connectivity index (χ0v) is 11.2. The quantitative estimate of drug-likeness (QED) is 0.883. The number of rotatable bonds is 3. The Morgan fingerprint density at radius 2 is 1.88 bits per heavy atom. The number of benzene rings is 1. The first-order chi connectivity index (χ1) is 7.66. The second-order valence-electron chi connectivity index (χ2n) is 3.60. The molecule has 0 spiro atoms. The highest BCUT2D eigenvalue weighted by atomic mass is 32.2. The number of hydrogen-bond donors (Lipinski definition) is 1. The average molecular weight is 276 g/mol. The van der Waals surface area contributed by atoms with Crippen molar-refractivity contribution in [2.75, 3.05) is 12.5 Å². The maximum atomic E-state index is 11.6. The molecule has 0 aromatic heterocycles. The summed E-state index contributed by atoms with van der Waals surface area (Å²) < 4.78 is 34.6. The van der Waals surface area contributed by atoms with Crippen molar-refractivity contribution in [2.24, 2.45) is 0 Å². The van der Waals surface area contributed by atoms with Crippen LogP contribution in [0.1, 0.15) is 15.9 Å². The van der Waals surface area contributed by atoms with Gasteiger partial charge in [0.25, 0.3) is 0 Å². The first-order valence-electron chi connectivity index (χ1n) is 4.56. The van der Waals surface area contributed by atoms with Crippen molar-refractivity contribution in [3.8, 4) is 0 Å². The summed E-state index contributed by atoms with van der Waals surface area (Å²) in [5, 5.41) is 8.92. The number of carboxylic acids is 1. The fourth-order valence-electron chi connectivity index (χ4n) is 1.55. The smallest absolute Gasteiger partial charge is 0.335 e. The van der Waals surface area contributed by atoms with Crippen LogP contribution in [-0.4, -0.2) is 36.2 Å². The molecule has 1 aromatic carbocycles. The third-order valence-corrected chi connectivity index (χ3v) is 4.66. The van der Waals surface area contributed by atoms with E-state index in [-0.39, 0.29) is 20.9 Å². The van der Waals surface area contributed by atoms with Crippen molar-refractivity contribution >= 4 is 26.6 Å². The van der Waals surface area contributed by atoms with Gasteiger partial charge in [-0.3, -0.25) is 4.21 Å². The van der Waals surface area contributed by atoms with Crippen LogP contribution < -0.4 is 0 Å². The Bertz CT molecular complexity index is 601. The minimum absolute atomic E-state index is 0.0393. The molecule has 1 atom stereocenters. The number of carbonyl (C=O) groups is 1. The molecule has 0 heterocycles. The van der Waals surface area contributed by atoms with Crippen molar-refractivity contribution in [1.82, 2.24) is 0 Å². The first kappa shape index (κ1) is 13.9. The highest BCUT2D eigenvalue weighted by molar-refractivity contribution is 7.92. The van der Waals surface area contributed by atoms with E-state index in [0.717, 1.165) is 6.26 Å². The largest absolute Gasteiger partial charge is 0.478 e. The molecular formula is C10H12O5S2. The third-order valence-electron chi connectivity index (χ3n) is 2.29. The van der Waals surface area contributed by atoms with Gasteiger partial charge in [-0.25, -0.2) is 13.2 Å². The summed E-state index contributed by atoms with van der Waals surface area (Å²) in [5.74, 6) is -1.17. The van der Waals surface area contributed by atoms with Gasteiger partial charge in [0.05, 0.1) is 26.2 Å². The number of hydrogen-bond acceptors (Lipinski definition) is 4. The molecule has 1 aromatic rings. The van der Waals surface area contributed by atoms with Gasteiger partial charge >= 0.3 is 5.97 Å². The maximum Gasteiger partial charge on any atom is 0.335 e. The third kappa shape index (κ3) is 2.73. The predicted molar refractivity (Wildman–Crippen MR) is 63.6 cm³/mol. The minimum atomic E-state index is -3.53. The molecule has 0 radical (unpaired) electrons.